The molecule has 1 atom stereocenters. The van der Waals surface area contributed by atoms with Gasteiger partial charge in [-0.3, -0.25) is 14.5 Å². The predicted octanol–water partition coefficient (Wildman–Crippen LogP) is 4.76. The summed E-state index contributed by atoms with van der Waals surface area (Å²) >= 11 is 0.935. The van der Waals surface area contributed by atoms with E-state index in [1.807, 2.05) is 0 Å². The second-order valence-corrected chi connectivity index (χ2v) is 8.55. The van der Waals surface area contributed by atoms with Crippen LogP contribution in [0, 0.1) is 18.6 Å². The third-order valence-corrected chi connectivity index (χ3v) is 6.61. The minimum absolute atomic E-state index is 0.0137. The van der Waals surface area contributed by atoms with E-state index < -0.39 is 35.0 Å². The Balaban J connectivity index is 1.75. The average molecular weight is 482 g/mol. The minimum atomic E-state index is -1.02. The van der Waals surface area contributed by atoms with E-state index in [1.54, 1.807) is 13.8 Å². The van der Waals surface area contributed by atoms with Gasteiger partial charge in [0, 0.05) is 0 Å². The first-order chi connectivity index (χ1) is 16.3. The Morgan fingerprint density at radius 1 is 1.15 bits per heavy atom. The lowest BCUT2D eigenvalue weighted by Crippen LogP contribution is -2.29. The molecule has 0 fully saturated rings. The number of thiazole rings is 1. The highest BCUT2D eigenvalue weighted by Gasteiger charge is 2.45. The molecule has 5 rings (SSSR count). The lowest BCUT2D eigenvalue weighted by molar-refractivity contribution is 0.0531. The van der Waals surface area contributed by atoms with Crippen molar-refractivity contribution in [2.24, 2.45) is 0 Å². The summed E-state index contributed by atoms with van der Waals surface area (Å²) < 4.78 is 38.4. The molecule has 0 unspecified atom stereocenters. The molecule has 0 N–H and O–H groups in total. The maximum Gasteiger partial charge on any atom is 0.350 e. The first-order valence-corrected chi connectivity index (χ1v) is 11.1. The van der Waals surface area contributed by atoms with E-state index in [1.165, 1.54) is 35.2 Å². The van der Waals surface area contributed by atoms with E-state index in [0.717, 1.165) is 23.5 Å². The summed E-state index contributed by atoms with van der Waals surface area (Å²) in [5.41, 5.74) is 0.231. The highest BCUT2D eigenvalue weighted by atomic mass is 32.1. The van der Waals surface area contributed by atoms with Crippen LogP contribution < -0.4 is 10.3 Å². The van der Waals surface area contributed by atoms with Crippen molar-refractivity contribution in [1.29, 1.82) is 0 Å². The van der Waals surface area contributed by atoms with Gasteiger partial charge in [-0.25, -0.2) is 18.6 Å². The number of anilines is 1. The van der Waals surface area contributed by atoms with Crippen molar-refractivity contribution < 1.29 is 27.5 Å². The van der Waals surface area contributed by atoms with Crippen molar-refractivity contribution in [2.75, 3.05) is 11.5 Å². The third-order valence-electron chi connectivity index (χ3n) is 5.47. The summed E-state index contributed by atoms with van der Waals surface area (Å²) in [5, 5.41) is 0.115. The van der Waals surface area contributed by atoms with Crippen LogP contribution in [0.3, 0.4) is 0 Å². The Morgan fingerprint density at radius 2 is 1.85 bits per heavy atom. The van der Waals surface area contributed by atoms with Crippen molar-refractivity contribution in [2.45, 2.75) is 19.9 Å². The number of halogens is 2. The first-order valence-electron chi connectivity index (χ1n) is 10.3. The maximum absolute atomic E-state index is 13.9. The molecule has 0 saturated carbocycles. The topological polar surface area (TPSA) is 89.7 Å². The normalized spacial score (nSPS) is 15.1. The highest BCUT2D eigenvalue weighted by molar-refractivity contribution is 7.17. The molecule has 34 heavy (non-hydrogen) atoms. The van der Waals surface area contributed by atoms with Gasteiger partial charge in [-0.05, 0) is 49.7 Å². The highest BCUT2D eigenvalue weighted by Crippen LogP contribution is 2.43. The van der Waals surface area contributed by atoms with Crippen LogP contribution in [0.15, 0.2) is 51.7 Å². The Hall–Kier alpha value is -3.92. The number of aryl methyl sites for hydroxylation is 1. The summed E-state index contributed by atoms with van der Waals surface area (Å²) in [6.45, 7) is 3.44. The molecule has 1 amide bonds. The number of rotatable bonds is 4. The fourth-order valence-electron chi connectivity index (χ4n) is 3.97. The molecule has 172 valence electrons. The van der Waals surface area contributed by atoms with E-state index in [9.17, 15) is 23.2 Å². The zero-order valence-corrected chi connectivity index (χ0v) is 18.7. The molecular formula is C24H16F2N2O5S. The Kier molecular flexibility index (Phi) is 5.24. The van der Waals surface area contributed by atoms with E-state index in [-0.39, 0.29) is 38.9 Å². The van der Waals surface area contributed by atoms with Gasteiger partial charge in [0.15, 0.2) is 10.6 Å². The summed E-state index contributed by atoms with van der Waals surface area (Å²) in [5.74, 6) is -2.58. The summed E-state index contributed by atoms with van der Waals surface area (Å²) in [6, 6.07) is 7.72. The van der Waals surface area contributed by atoms with Gasteiger partial charge in [-0.1, -0.05) is 23.5 Å². The van der Waals surface area contributed by atoms with Crippen LogP contribution in [0.25, 0.3) is 11.0 Å². The number of aromatic nitrogens is 1. The van der Waals surface area contributed by atoms with Crippen LogP contribution in [0.4, 0.5) is 13.9 Å². The smallest absolute Gasteiger partial charge is 0.350 e. The standard InChI is InChI=1S/C24H16F2N2O5S/c1-3-32-23(31)21-11(2)27-24(34-21)28-18(12-4-6-13(25)7-5-12)17-19(29)15-10-14(26)8-9-16(15)33-20(17)22(28)30/h4-10,18H,3H2,1-2H3/t18-/m0/s1. The molecule has 2 aromatic carbocycles. The zero-order valence-electron chi connectivity index (χ0n) is 17.9. The molecule has 3 heterocycles. The molecular weight excluding hydrogens is 466 g/mol. The molecule has 0 radical (unpaired) electrons. The van der Waals surface area contributed by atoms with E-state index in [2.05, 4.69) is 4.98 Å². The van der Waals surface area contributed by atoms with Gasteiger partial charge in [0.25, 0.3) is 5.91 Å². The molecule has 0 saturated heterocycles. The number of carbonyl (C=O) groups excluding carboxylic acids is 2. The summed E-state index contributed by atoms with van der Waals surface area (Å²) in [6.07, 6.45) is 0. The number of amides is 1. The third kappa shape index (κ3) is 3.38. The number of hydrogen-bond acceptors (Lipinski definition) is 7. The van der Waals surface area contributed by atoms with Gasteiger partial charge in [0.1, 0.15) is 22.1 Å². The van der Waals surface area contributed by atoms with Gasteiger partial charge in [0.2, 0.25) is 5.76 Å². The predicted molar refractivity (Wildman–Crippen MR) is 120 cm³/mol. The summed E-state index contributed by atoms with van der Waals surface area (Å²) in [7, 11) is 0. The van der Waals surface area contributed by atoms with Crippen LogP contribution in [0.1, 0.15) is 50.0 Å². The van der Waals surface area contributed by atoms with Gasteiger partial charge < -0.3 is 9.15 Å². The molecule has 0 bridgehead atoms. The monoisotopic (exact) mass is 482 g/mol. The number of esters is 1. The second kappa shape index (κ2) is 8.14. The molecule has 0 aliphatic carbocycles. The molecule has 1 aliphatic rings. The van der Waals surface area contributed by atoms with Crippen molar-refractivity contribution in [1.82, 2.24) is 4.98 Å². The molecule has 4 aromatic rings. The largest absolute Gasteiger partial charge is 0.462 e. The number of nitrogens with zero attached hydrogens (tertiary/aromatic N) is 2. The Morgan fingerprint density at radius 3 is 2.56 bits per heavy atom. The fraction of sp³-hybridized carbons (Fsp3) is 0.167. The lowest BCUT2D eigenvalue weighted by atomic mass is 9.98. The van der Waals surface area contributed by atoms with E-state index >= 15 is 0 Å². The number of carbonyl (C=O) groups is 2. The van der Waals surface area contributed by atoms with Crippen molar-refractivity contribution in [3.63, 3.8) is 0 Å². The fourth-order valence-corrected chi connectivity index (χ4v) is 4.96. The maximum atomic E-state index is 13.9. The molecule has 1 aliphatic heterocycles. The number of benzene rings is 2. The number of hydrogen-bond donors (Lipinski definition) is 0. The second-order valence-electron chi connectivity index (χ2n) is 7.58. The molecule has 0 spiro atoms. The van der Waals surface area contributed by atoms with Gasteiger partial charge in [-0.2, -0.15) is 0 Å². The van der Waals surface area contributed by atoms with Crippen LogP contribution in [0.2, 0.25) is 0 Å². The summed E-state index contributed by atoms with van der Waals surface area (Å²) in [4.78, 5) is 45.1. The van der Waals surface area contributed by atoms with E-state index in [0.29, 0.717) is 11.3 Å². The van der Waals surface area contributed by atoms with Crippen LogP contribution >= 0.6 is 11.3 Å². The molecule has 7 nitrogen and oxygen atoms in total. The zero-order chi connectivity index (χ0) is 24.1. The minimum Gasteiger partial charge on any atom is -0.462 e. The number of ether oxygens (including phenoxy) is 1. The van der Waals surface area contributed by atoms with Crippen LogP contribution in [-0.4, -0.2) is 23.5 Å². The molecule has 10 heteroatoms. The Bertz CT molecular complexity index is 1530. The average Bonchev–Trinajstić information content (AvgIpc) is 3.33. The SMILES string of the molecule is CCOC(=O)c1sc(N2C(=O)c3oc4ccc(F)cc4c(=O)c3[C@@H]2c2ccc(F)cc2)nc1C. The van der Waals surface area contributed by atoms with Gasteiger partial charge in [-0.15, -0.1) is 0 Å². The van der Waals surface area contributed by atoms with Gasteiger partial charge >= 0.3 is 5.97 Å². The van der Waals surface area contributed by atoms with Gasteiger partial charge in [0.05, 0.1) is 29.3 Å². The molecule has 2 aromatic heterocycles. The van der Waals surface area contributed by atoms with Crippen molar-refractivity contribution in [3.8, 4) is 0 Å². The van der Waals surface area contributed by atoms with Crippen LogP contribution in [-0.2, 0) is 4.74 Å². The van der Waals surface area contributed by atoms with Crippen molar-refractivity contribution in [3.05, 3.63) is 91.8 Å². The quantitative estimate of drug-likeness (QED) is 0.390. The van der Waals surface area contributed by atoms with Crippen LogP contribution in [0.5, 0.6) is 0 Å². The first kappa shape index (κ1) is 21.9. The lowest BCUT2D eigenvalue weighted by Gasteiger charge is -2.22. The number of fused-ring (bicyclic) bond motifs is 2. The van der Waals surface area contributed by atoms with E-state index in [4.69, 9.17) is 9.15 Å². The van der Waals surface area contributed by atoms with Crippen molar-refractivity contribution >= 4 is 39.3 Å². The Labute approximate surface area is 195 Å².